The number of fused-ring (bicyclic) bond motifs is 1. The predicted octanol–water partition coefficient (Wildman–Crippen LogP) is -0.907. The highest BCUT2D eigenvalue weighted by Crippen LogP contribution is 2.21. The van der Waals surface area contributed by atoms with Crippen molar-refractivity contribution < 1.29 is 18.7 Å². The fourth-order valence-corrected chi connectivity index (χ4v) is 2.02. The van der Waals surface area contributed by atoms with Crippen LogP contribution in [0.1, 0.15) is 17.7 Å². The minimum absolute atomic E-state index is 0.0935. The number of hydrogen-bond acceptors (Lipinski definition) is 4. The summed E-state index contributed by atoms with van der Waals surface area (Å²) in [5.74, 6) is -0.142. The van der Waals surface area contributed by atoms with E-state index in [1.165, 1.54) is 6.20 Å². The molecule has 0 fully saturated rings. The van der Waals surface area contributed by atoms with Crippen molar-refractivity contribution in [2.75, 3.05) is 6.61 Å². The summed E-state index contributed by atoms with van der Waals surface area (Å²) in [5.41, 5.74) is 1.40. The number of amides is 1. The van der Waals surface area contributed by atoms with Crippen LogP contribution in [0.25, 0.3) is 0 Å². The molecule has 0 aromatic carbocycles. The normalized spacial score (nSPS) is 16.2. The molecular formula is C8H11N3O4S. The molecule has 16 heavy (non-hydrogen) atoms. The molecule has 1 aliphatic heterocycles. The summed E-state index contributed by atoms with van der Waals surface area (Å²) in [6.07, 6.45) is 1.55. The topological polar surface area (TPSA) is 95.7 Å². The Hall–Kier alpha value is -1.25. The van der Waals surface area contributed by atoms with Crippen molar-refractivity contribution in [2.24, 2.45) is 0 Å². The van der Waals surface area contributed by atoms with Crippen LogP contribution in [-0.4, -0.2) is 40.5 Å². The highest BCUT2D eigenvalue weighted by atomic mass is 32.2. The zero-order chi connectivity index (χ0) is 11.7. The molecule has 0 saturated heterocycles. The lowest BCUT2D eigenvalue weighted by atomic mass is 10.3. The molecule has 1 amide bonds. The second-order valence-electron chi connectivity index (χ2n) is 3.46. The number of aromatic nitrogens is 2. The van der Waals surface area contributed by atoms with Crippen molar-refractivity contribution >= 4 is 17.2 Å². The summed E-state index contributed by atoms with van der Waals surface area (Å²) in [7, 11) is 0. The Balaban J connectivity index is 2.08. The van der Waals surface area contributed by atoms with Gasteiger partial charge in [-0.25, -0.2) is 4.21 Å². The Morgan fingerprint density at radius 3 is 2.88 bits per heavy atom. The van der Waals surface area contributed by atoms with Crippen LogP contribution in [0, 0.1) is 0 Å². The third-order valence-electron chi connectivity index (χ3n) is 2.40. The molecule has 2 rings (SSSR count). The number of hydrogen-bond donors (Lipinski definition) is 2. The standard InChI is InChI=1S/C8H11N3O4S/c12-2-1-8(13)10-3-6-4-11(16(14)15)9-7(6)5-10/h4,12H,1-3,5H2,(H,14,15). The summed E-state index contributed by atoms with van der Waals surface area (Å²) in [6, 6.07) is 0. The maximum atomic E-state index is 11.5. The van der Waals surface area contributed by atoms with Crippen LogP contribution in [0.15, 0.2) is 6.20 Å². The lowest BCUT2D eigenvalue weighted by Gasteiger charge is -2.14. The number of carbonyl (C=O) groups is 1. The third kappa shape index (κ3) is 1.99. The number of aliphatic hydroxyl groups is 1. The van der Waals surface area contributed by atoms with Gasteiger partial charge in [-0.2, -0.15) is 9.19 Å². The van der Waals surface area contributed by atoms with E-state index in [4.69, 9.17) is 9.66 Å². The van der Waals surface area contributed by atoms with Crippen molar-refractivity contribution in [1.29, 1.82) is 0 Å². The van der Waals surface area contributed by atoms with E-state index in [1.54, 1.807) is 4.90 Å². The van der Waals surface area contributed by atoms with Crippen LogP contribution in [-0.2, 0) is 29.2 Å². The SMILES string of the molecule is O=C(CCO)N1Cc2cn(S(=O)O)nc2C1. The van der Waals surface area contributed by atoms with Gasteiger partial charge in [-0.3, -0.25) is 9.35 Å². The second kappa shape index (κ2) is 4.32. The predicted molar refractivity (Wildman–Crippen MR) is 54.4 cm³/mol. The molecule has 0 spiro atoms. The fourth-order valence-electron chi connectivity index (χ4n) is 1.64. The minimum Gasteiger partial charge on any atom is -0.396 e. The molecule has 1 aliphatic rings. The average molecular weight is 245 g/mol. The first-order valence-electron chi connectivity index (χ1n) is 4.69. The molecule has 1 aromatic heterocycles. The fraction of sp³-hybridized carbons (Fsp3) is 0.500. The largest absolute Gasteiger partial charge is 0.396 e. The summed E-state index contributed by atoms with van der Waals surface area (Å²) in [4.78, 5) is 13.0. The van der Waals surface area contributed by atoms with Gasteiger partial charge in [0, 0.05) is 24.7 Å². The van der Waals surface area contributed by atoms with Gasteiger partial charge < -0.3 is 10.0 Å². The molecule has 7 nitrogen and oxygen atoms in total. The van der Waals surface area contributed by atoms with E-state index in [-0.39, 0.29) is 18.9 Å². The molecule has 2 N–H and O–H groups in total. The van der Waals surface area contributed by atoms with Crippen molar-refractivity contribution in [1.82, 2.24) is 14.1 Å². The van der Waals surface area contributed by atoms with Gasteiger partial charge >= 0.3 is 0 Å². The van der Waals surface area contributed by atoms with Gasteiger partial charge in [0.05, 0.1) is 18.8 Å². The first kappa shape index (κ1) is 11.2. The minimum atomic E-state index is -2.15. The van der Waals surface area contributed by atoms with E-state index < -0.39 is 11.3 Å². The monoisotopic (exact) mass is 245 g/mol. The molecule has 1 atom stereocenters. The van der Waals surface area contributed by atoms with Crippen LogP contribution >= 0.6 is 0 Å². The first-order valence-corrected chi connectivity index (χ1v) is 5.75. The Morgan fingerprint density at radius 2 is 2.31 bits per heavy atom. The van der Waals surface area contributed by atoms with E-state index in [0.717, 1.165) is 9.65 Å². The van der Waals surface area contributed by atoms with Gasteiger partial charge in [-0.05, 0) is 0 Å². The zero-order valence-electron chi connectivity index (χ0n) is 8.37. The van der Waals surface area contributed by atoms with Gasteiger partial charge in [0.25, 0.3) is 11.3 Å². The van der Waals surface area contributed by atoms with Crippen molar-refractivity contribution in [3.8, 4) is 0 Å². The number of aliphatic hydroxyl groups excluding tert-OH is 1. The Bertz CT molecular complexity index is 421. The molecule has 1 aromatic rings. The molecule has 0 saturated carbocycles. The smallest absolute Gasteiger partial charge is 0.282 e. The number of nitrogens with zero attached hydrogens (tertiary/aromatic N) is 3. The molecule has 8 heteroatoms. The van der Waals surface area contributed by atoms with Crippen LogP contribution in [0.5, 0.6) is 0 Å². The molecular weight excluding hydrogens is 234 g/mol. The van der Waals surface area contributed by atoms with E-state index in [0.29, 0.717) is 18.8 Å². The molecule has 2 heterocycles. The number of carbonyl (C=O) groups excluding carboxylic acids is 1. The van der Waals surface area contributed by atoms with E-state index in [1.807, 2.05) is 0 Å². The maximum Gasteiger partial charge on any atom is 0.282 e. The second-order valence-corrected chi connectivity index (χ2v) is 4.29. The third-order valence-corrected chi connectivity index (χ3v) is 2.90. The van der Waals surface area contributed by atoms with Gasteiger partial charge in [0.1, 0.15) is 0 Å². The van der Waals surface area contributed by atoms with E-state index in [2.05, 4.69) is 5.10 Å². The number of rotatable bonds is 3. The zero-order valence-corrected chi connectivity index (χ0v) is 9.18. The summed E-state index contributed by atoms with van der Waals surface area (Å²) >= 11 is -2.15. The summed E-state index contributed by atoms with van der Waals surface area (Å²) < 4.78 is 20.5. The molecule has 88 valence electrons. The summed E-state index contributed by atoms with van der Waals surface area (Å²) in [6.45, 7) is 0.539. The van der Waals surface area contributed by atoms with E-state index >= 15 is 0 Å². The Morgan fingerprint density at radius 1 is 1.56 bits per heavy atom. The molecule has 1 unspecified atom stereocenters. The first-order chi connectivity index (χ1) is 7.61. The van der Waals surface area contributed by atoms with Crippen LogP contribution in [0.2, 0.25) is 0 Å². The van der Waals surface area contributed by atoms with Crippen molar-refractivity contribution in [3.05, 3.63) is 17.5 Å². The average Bonchev–Trinajstić information content (AvgIpc) is 2.73. The van der Waals surface area contributed by atoms with Crippen LogP contribution in [0.4, 0.5) is 0 Å². The van der Waals surface area contributed by atoms with Gasteiger partial charge in [0.2, 0.25) is 5.91 Å². The van der Waals surface area contributed by atoms with Gasteiger partial charge in [0.15, 0.2) is 0 Å². The van der Waals surface area contributed by atoms with Crippen molar-refractivity contribution in [3.63, 3.8) is 0 Å². The van der Waals surface area contributed by atoms with E-state index in [9.17, 15) is 9.00 Å². The molecule has 0 radical (unpaired) electrons. The lowest BCUT2D eigenvalue weighted by molar-refractivity contribution is -0.132. The van der Waals surface area contributed by atoms with Crippen LogP contribution < -0.4 is 0 Å². The molecule has 0 aliphatic carbocycles. The highest BCUT2D eigenvalue weighted by molar-refractivity contribution is 7.77. The summed E-state index contributed by atoms with van der Waals surface area (Å²) in [5, 5.41) is 12.5. The Kier molecular flexibility index (Phi) is 3.03. The van der Waals surface area contributed by atoms with Gasteiger partial charge in [-0.1, -0.05) is 0 Å². The Labute approximate surface area is 94.1 Å². The molecule has 0 bridgehead atoms. The van der Waals surface area contributed by atoms with Crippen LogP contribution in [0.3, 0.4) is 0 Å². The quantitative estimate of drug-likeness (QED) is 0.672. The van der Waals surface area contributed by atoms with Gasteiger partial charge in [-0.15, -0.1) is 0 Å². The lowest BCUT2D eigenvalue weighted by Crippen LogP contribution is -2.26. The van der Waals surface area contributed by atoms with Crippen molar-refractivity contribution in [2.45, 2.75) is 19.5 Å². The highest BCUT2D eigenvalue weighted by Gasteiger charge is 2.26. The maximum absolute atomic E-state index is 11.5.